The molecule has 0 aromatic heterocycles. The van der Waals surface area contributed by atoms with E-state index in [0.29, 0.717) is 16.6 Å². The van der Waals surface area contributed by atoms with Crippen LogP contribution in [0.4, 0.5) is 0 Å². The summed E-state index contributed by atoms with van der Waals surface area (Å²) in [6.07, 6.45) is 4.38. The number of carbonyl (C=O) groups is 1. The molecule has 1 amide bonds. The Hall–Kier alpha value is -1.26. The summed E-state index contributed by atoms with van der Waals surface area (Å²) in [6, 6.07) is 5.19. The van der Waals surface area contributed by atoms with E-state index in [1.807, 2.05) is 4.90 Å². The quantitative estimate of drug-likeness (QED) is 0.881. The molecule has 5 heteroatoms. The molecule has 2 atom stereocenters. The van der Waals surface area contributed by atoms with E-state index in [-0.39, 0.29) is 17.7 Å². The largest absolute Gasteiger partial charge is 0.508 e. The summed E-state index contributed by atoms with van der Waals surface area (Å²) in [5.41, 5.74) is 0.400. The van der Waals surface area contributed by atoms with E-state index in [1.54, 1.807) is 6.07 Å². The Labute approximate surface area is 123 Å². The highest BCUT2D eigenvalue weighted by molar-refractivity contribution is 6.33. The number of rotatable bonds is 2. The number of nitrogens with one attached hydrogen (secondary N) is 1. The highest BCUT2D eigenvalue weighted by atomic mass is 35.5. The molecule has 0 bridgehead atoms. The summed E-state index contributed by atoms with van der Waals surface area (Å²) in [6.45, 7) is 1.81. The number of hydrogen-bond acceptors (Lipinski definition) is 3. The molecule has 0 spiro atoms. The highest BCUT2D eigenvalue weighted by Gasteiger charge is 2.36. The van der Waals surface area contributed by atoms with Gasteiger partial charge in [0, 0.05) is 18.6 Å². The van der Waals surface area contributed by atoms with Crippen molar-refractivity contribution in [2.75, 3.05) is 13.1 Å². The Morgan fingerprint density at radius 3 is 2.95 bits per heavy atom. The second kappa shape index (κ2) is 5.62. The van der Waals surface area contributed by atoms with Gasteiger partial charge in [0.05, 0.1) is 10.6 Å². The zero-order chi connectivity index (χ0) is 14.1. The zero-order valence-electron chi connectivity index (χ0n) is 11.3. The first-order valence-electron chi connectivity index (χ1n) is 7.19. The molecule has 2 unspecified atom stereocenters. The molecule has 2 saturated heterocycles. The van der Waals surface area contributed by atoms with Crippen LogP contribution < -0.4 is 5.32 Å². The Morgan fingerprint density at radius 1 is 1.35 bits per heavy atom. The standard InChI is InChI=1S/C15H19ClN2O2/c16-12-6-5-10(19)9-11(12)15(20)18-8-2-4-14(18)13-3-1-7-17-13/h5-6,9,13-14,17,19H,1-4,7-8H2. The van der Waals surface area contributed by atoms with Gasteiger partial charge in [-0.3, -0.25) is 4.79 Å². The number of phenolic OH excluding ortho intramolecular Hbond substituents is 1. The van der Waals surface area contributed by atoms with Crippen LogP contribution in [0.15, 0.2) is 18.2 Å². The second-order valence-corrected chi connectivity index (χ2v) is 5.98. The van der Waals surface area contributed by atoms with Crippen molar-refractivity contribution in [1.82, 2.24) is 10.2 Å². The van der Waals surface area contributed by atoms with Gasteiger partial charge in [-0.15, -0.1) is 0 Å². The minimum atomic E-state index is -0.0675. The summed E-state index contributed by atoms with van der Waals surface area (Å²) >= 11 is 6.10. The molecular formula is C15H19ClN2O2. The maximum Gasteiger partial charge on any atom is 0.255 e. The molecule has 2 aliphatic rings. The lowest BCUT2D eigenvalue weighted by Crippen LogP contribution is -2.46. The van der Waals surface area contributed by atoms with E-state index in [0.717, 1.165) is 32.4 Å². The molecule has 0 aliphatic carbocycles. The summed E-state index contributed by atoms with van der Waals surface area (Å²) < 4.78 is 0. The van der Waals surface area contributed by atoms with E-state index >= 15 is 0 Å². The fourth-order valence-corrected chi connectivity index (χ4v) is 3.53. The van der Waals surface area contributed by atoms with Gasteiger partial charge < -0.3 is 15.3 Å². The third-order valence-electron chi connectivity index (χ3n) is 4.30. The van der Waals surface area contributed by atoms with Crippen molar-refractivity contribution in [2.45, 2.75) is 37.8 Å². The summed E-state index contributed by atoms with van der Waals surface area (Å²) in [4.78, 5) is 14.6. The van der Waals surface area contributed by atoms with Crippen molar-refractivity contribution >= 4 is 17.5 Å². The number of likely N-dealkylation sites (tertiary alicyclic amines) is 1. The van der Waals surface area contributed by atoms with E-state index in [4.69, 9.17) is 11.6 Å². The van der Waals surface area contributed by atoms with E-state index in [9.17, 15) is 9.90 Å². The minimum Gasteiger partial charge on any atom is -0.508 e. The van der Waals surface area contributed by atoms with Crippen molar-refractivity contribution < 1.29 is 9.90 Å². The van der Waals surface area contributed by atoms with Crippen LogP contribution in [-0.4, -0.2) is 41.1 Å². The van der Waals surface area contributed by atoms with Gasteiger partial charge >= 0.3 is 0 Å². The molecule has 2 fully saturated rings. The second-order valence-electron chi connectivity index (χ2n) is 5.58. The van der Waals surface area contributed by atoms with Crippen LogP contribution in [0.5, 0.6) is 5.75 Å². The van der Waals surface area contributed by atoms with Crippen molar-refractivity contribution in [3.05, 3.63) is 28.8 Å². The predicted octanol–water partition coefficient (Wildman–Crippen LogP) is 2.40. The summed E-state index contributed by atoms with van der Waals surface area (Å²) in [7, 11) is 0. The van der Waals surface area contributed by atoms with Crippen molar-refractivity contribution in [3.63, 3.8) is 0 Å². The van der Waals surface area contributed by atoms with E-state index in [1.165, 1.54) is 18.6 Å². The van der Waals surface area contributed by atoms with Crippen LogP contribution in [0, 0.1) is 0 Å². The lowest BCUT2D eigenvalue weighted by atomic mass is 10.0. The number of aromatic hydroxyl groups is 1. The zero-order valence-corrected chi connectivity index (χ0v) is 12.1. The van der Waals surface area contributed by atoms with Crippen LogP contribution in [0.1, 0.15) is 36.0 Å². The molecule has 3 rings (SSSR count). The molecular weight excluding hydrogens is 276 g/mol. The van der Waals surface area contributed by atoms with Crippen LogP contribution in [-0.2, 0) is 0 Å². The first-order chi connectivity index (χ1) is 9.66. The summed E-state index contributed by atoms with van der Waals surface area (Å²) in [5.74, 6) is 0.00888. The normalized spacial score (nSPS) is 26.1. The van der Waals surface area contributed by atoms with Gasteiger partial charge in [0.2, 0.25) is 0 Å². The average Bonchev–Trinajstić information content (AvgIpc) is 3.10. The Kier molecular flexibility index (Phi) is 3.85. The molecule has 0 saturated carbocycles. The number of phenols is 1. The summed E-state index contributed by atoms with van der Waals surface area (Å²) in [5, 5.41) is 13.5. The van der Waals surface area contributed by atoms with Gasteiger partial charge in [0.25, 0.3) is 5.91 Å². The predicted molar refractivity (Wildman–Crippen MR) is 78.2 cm³/mol. The van der Waals surface area contributed by atoms with Crippen molar-refractivity contribution in [3.8, 4) is 5.75 Å². The number of halogens is 1. The Bertz CT molecular complexity index is 515. The van der Waals surface area contributed by atoms with Crippen molar-refractivity contribution in [1.29, 1.82) is 0 Å². The topological polar surface area (TPSA) is 52.6 Å². The lowest BCUT2D eigenvalue weighted by Gasteiger charge is -2.30. The molecule has 20 heavy (non-hydrogen) atoms. The first kappa shape index (κ1) is 13.7. The van der Waals surface area contributed by atoms with Gasteiger partial charge in [0.15, 0.2) is 0 Å². The van der Waals surface area contributed by atoms with Gasteiger partial charge in [0.1, 0.15) is 5.75 Å². The lowest BCUT2D eigenvalue weighted by molar-refractivity contribution is 0.0711. The van der Waals surface area contributed by atoms with Crippen LogP contribution in [0.25, 0.3) is 0 Å². The molecule has 1 aromatic rings. The molecule has 2 aliphatic heterocycles. The van der Waals surface area contributed by atoms with Crippen LogP contribution in [0.3, 0.4) is 0 Å². The van der Waals surface area contributed by atoms with Crippen LogP contribution in [0.2, 0.25) is 5.02 Å². The fraction of sp³-hybridized carbons (Fsp3) is 0.533. The van der Waals surface area contributed by atoms with Gasteiger partial charge in [-0.1, -0.05) is 11.6 Å². The molecule has 108 valence electrons. The number of benzene rings is 1. The molecule has 0 radical (unpaired) electrons. The third-order valence-corrected chi connectivity index (χ3v) is 4.63. The average molecular weight is 295 g/mol. The fourth-order valence-electron chi connectivity index (χ4n) is 3.33. The molecule has 2 heterocycles. The van der Waals surface area contributed by atoms with Gasteiger partial charge in [-0.2, -0.15) is 0 Å². The monoisotopic (exact) mass is 294 g/mol. The van der Waals surface area contributed by atoms with E-state index < -0.39 is 0 Å². The first-order valence-corrected chi connectivity index (χ1v) is 7.57. The Morgan fingerprint density at radius 2 is 2.20 bits per heavy atom. The number of carbonyl (C=O) groups excluding carboxylic acids is 1. The van der Waals surface area contributed by atoms with Crippen LogP contribution >= 0.6 is 11.6 Å². The third kappa shape index (κ3) is 2.50. The highest BCUT2D eigenvalue weighted by Crippen LogP contribution is 2.29. The molecule has 1 aromatic carbocycles. The smallest absolute Gasteiger partial charge is 0.255 e. The SMILES string of the molecule is O=C(c1cc(O)ccc1Cl)N1CCCC1C1CCCN1. The molecule has 2 N–H and O–H groups in total. The number of amides is 1. The minimum absolute atomic E-state index is 0.0675. The van der Waals surface area contributed by atoms with Crippen molar-refractivity contribution in [2.24, 2.45) is 0 Å². The molecule has 4 nitrogen and oxygen atoms in total. The number of nitrogens with zero attached hydrogens (tertiary/aromatic N) is 1. The van der Waals surface area contributed by atoms with Gasteiger partial charge in [-0.05, 0) is 50.4 Å². The van der Waals surface area contributed by atoms with Gasteiger partial charge in [-0.25, -0.2) is 0 Å². The maximum atomic E-state index is 12.7. The Balaban J connectivity index is 1.83. The van der Waals surface area contributed by atoms with E-state index in [2.05, 4.69) is 5.32 Å². The maximum absolute atomic E-state index is 12.7. The number of hydrogen-bond donors (Lipinski definition) is 2.